The van der Waals surface area contributed by atoms with Gasteiger partial charge in [0.15, 0.2) is 0 Å². The number of imidazole rings is 2. The van der Waals surface area contributed by atoms with Gasteiger partial charge in [0.1, 0.15) is 40.5 Å². The van der Waals surface area contributed by atoms with Crippen molar-refractivity contribution in [2.75, 3.05) is 50.2 Å². The second-order valence-corrected chi connectivity index (χ2v) is 16.3. The first kappa shape index (κ1) is 45.2. The van der Waals surface area contributed by atoms with Crippen LogP contribution in [0, 0.1) is 13.8 Å². The van der Waals surface area contributed by atoms with Gasteiger partial charge in [-0.2, -0.15) is 10.2 Å². The molecule has 66 heavy (non-hydrogen) atoms. The number of hydrogen-bond donors (Lipinski definition) is 6. The molecule has 6 aromatic rings. The molecule has 0 saturated carbocycles. The van der Waals surface area contributed by atoms with E-state index in [0.717, 1.165) is 0 Å². The molecule has 0 bridgehead atoms. The normalized spacial score (nSPS) is 15.7. The van der Waals surface area contributed by atoms with E-state index in [1.165, 1.54) is 6.07 Å². The molecule has 8 rings (SSSR count). The van der Waals surface area contributed by atoms with Gasteiger partial charge in [-0.05, 0) is 83.4 Å². The van der Waals surface area contributed by atoms with Gasteiger partial charge in [-0.15, -0.1) is 0 Å². The summed E-state index contributed by atoms with van der Waals surface area (Å²) >= 11 is 0. The molecule has 0 radical (unpaired) electrons. The maximum absolute atomic E-state index is 13.9. The van der Waals surface area contributed by atoms with Crippen molar-refractivity contribution < 1.29 is 38.2 Å². The summed E-state index contributed by atoms with van der Waals surface area (Å²) in [6.45, 7) is 11.1. The van der Waals surface area contributed by atoms with E-state index in [-0.39, 0.29) is 66.5 Å². The molecule has 22 nitrogen and oxygen atoms in total. The molecule has 8 N–H and O–H groups in total. The molecule has 5 amide bonds. The molecular weight excluding hydrogens is 853 g/mol. The zero-order valence-corrected chi connectivity index (χ0v) is 37.3. The van der Waals surface area contributed by atoms with Crippen molar-refractivity contribution in [3.63, 3.8) is 0 Å². The first-order valence-corrected chi connectivity index (χ1v) is 22.1. The van der Waals surface area contributed by atoms with E-state index >= 15 is 0 Å². The van der Waals surface area contributed by atoms with E-state index in [0.29, 0.717) is 116 Å². The summed E-state index contributed by atoms with van der Waals surface area (Å²) in [7, 11) is 0. The Morgan fingerprint density at radius 2 is 1.53 bits per heavy atom. The molecule has 2 atom stereocenters. The highest BCUT2D eigenvalue weighted by Gasteiger charge is 2.30. The van der Waals surface area contributed by atoms with Gasteiger partial charge in [-0.1, -0.05) is 0 Å². The molecule has 1 fully saturated rings. The Morgan fingerprint density at radius 1 is 0.848 bits per heavy atom. The summed E-state index contributed by atoms with van der Waals surface area (Å²) in [5.41, 5.74) is 15.8. The summed E-state index contributed by atoms with van der Waals surface area (Å²) in [5, 5.41) is 21.0. The van der Waals surface area contributed by atoms with E-state index in [9.17, 15) is 24.0 Å². The number of amides is 5. The van der Waals surface area contributed by atoms with Crippen LogP contribution >= 0.6 is 0 Å². The first-order chi connectivity index (χ1) is 31.8. The van der Waals surface area contributed by atoms with Crippen molar-refractivity contribution in [2.45, 2.75) is 85.1 Å². The number of hydrogen-bond acceptors (Lipinski definition) is 13. The number of nitrogens with two attached hydrogens (primary N) is 2. The third-order valence-corrected chi connectivity index (χ3v) is 11.5. The summed E-state index contributed by atoms with van der Waals surface area (Å²) in [5.74, 6) is -1.19. The highest BCUT2D eigenvalue weighted by molar-refractivity contribution is 6.05. The number of nitrogens with one attached hydrogen (secondary N) is 4. The maximum atomic E-state index is 13.9. The minimum Gasteiger partial charge on any atom is -0.491 e. The average Bonchev–Trinajstić information content (AvgIpc) is 4.07. The molecule has 0 spiro atoms. The van der Waals surface area contributed by atoms with Crippen LogP contribution in [0.2, 0.25) is 0 Å². The fourth-order valence-corrected chi connectivity index (χ4v) is 8.41. The number of anilines is 2. The van der Waals surface area contributed by atoms with Crippen LogP contribution in [-0.2, 0) is 29.2 Å². The number of carbonyl (C=O) groups excluding carboxylic acids is 5. The zero-order valence-electron chi connectivity index (χ0n) is 37.3. The monoisotopic (exact) mass is 906 g/mol. The number of morpholine rings is 1. The number of benzene rings is 2. The Morgan fingerprint density at radius 3 is 2.18 bits per heavy atom. The van der Waals surface area contributed by atoms with Crippen molar-refractivity contribution in [1.29, 1.82) is 0 Å². The van der Waals surface area contributed by atoms with E-state index in [1.54, 1.807) is 51.2 Å². The lowest BCUT2D eigenvalue weighted by Gasteiger charge is -2.27. The van der Waals surface area contributed by atoms with E-state index < -0.39 is 23.6 Å². The molecule has 348 valence electrons. The summed E-state index contributed by atoms with van der Waals surface area (Å²) < 4.78 is 24.8. The van der Waals surface area contributed by atoms with Crippen LogP contribution in [0.1, 0.15) is 98.7 Å². The highest BCUT2D eigenvalue weighted by Crippen LogP contribution is 2.39. The van der Waals surface area contributed by atoms with E-state index in [2.05, 4.69) is 31.5 Å². The van der Waals surface area contributed by atoms with Crippen LogP contribution in [0.5, 0.6) is 11.5 Å². The van der Waals surface area contributed by atoms with Crippen molar-refractivity contribution in [2.24, 2.45) is 11.5 Å². The van der Waals surface area contributed by atoms with Crippen LogP contribution in [0.3, 0.4) is 0 Å². The molecule has 1 saturated heterocycles. The molecule has 2 aromatic carbocycles. The smallest absolute Gasteiger partial charge is 0.276 e. The van der Waals surface area contributed by atoms with E-state index in [4.69, 9.17) is 35.6 Å². The van der Waals surface area contributed by atoms with Crippen molar-refractivity contribution in [3.8, 4) is 11.5 Å². The Kier molecular flexibility index (Phi) is 13.3. The minimum atomic E-state index is -0.691. The van der Waals surface area contributed by atoms with Crippen LogP contribution < -0.4 is 42.2 Å². The quantitative estimate of drug-likeness (QED) is 0.0639. The molecule has 22 heteroatoms. The largest absolute Gasteiger partial charge is 0.491 e. The fourth-order valence-electron chi connectivity index (χ4n) is 8.41. The number of rotatable bonds is 19. The second kappa shape index (κ2) is 19.4. The Balaban J connectivity index is 1.07. The number of nitrogens with zero attached hydrogens (tertiary/aromatic N) is 8. The van der Waals surface area contributed by atoms with Crippen LogP contribution in [0.15, 0.2) is 36.4 Å². The molecule has 2 aliphatic rings. The lowest BCUT2D eigenvalue weighted by Crippen LogP contribution is -2.44. The highest BCUT2D eigenvalue weighted by atomic mass is 16.5. The Bertz CT molecular complexity index is 2830. The predicted molar refractivity (Wildman–Crippen MR) is 242 cm³/mol. The van der Waals surface area contributed by atoms with Gasteiger partial charge in [-0.25, -0.2) is 9.97 Å². The number of aryl methyl sites for hydroxylation is 5. The Hall–Kier alpha value is -7.33. The van der Waals surface area contributed by atoms with Crippen molar-refractivity contribution in [1.82, 2.24) is 49.3 Å². The van der Waals surface area contributed by atoms with Gasteiger partial charge in [0.05, 0.1) is 48.3 Å². The summed E-state index contributed by atoms with van der Waals surface area (Å²) in [6, 6.07) is 9.25. The summed E-state index contributed by atoms with van der Waals surface area (Å²) in [6.07, 6.45) is 1.69. The number of primary amides is 2. The molecule has 4 aromatic heterocycles. The lowest BCUT2D eigenvalue weighted by molar-refractivity contribution is -0.122. The van der Waals surface area contributed by atoms with Gasteiger partial charge in [0.25, 0.3) is 11.8 Å². The standard InChI is InChI=1S/C44H54N14O8/c1-5-56-32(15-24(3)53-56)41(62)51-43-50-37-31(18-27(40(46)61)19-34(37)65-13-8-10-48-36(59)21-28-22-64-14-11-47-28)55(43)12-7-9-29-23-66-35-20-26(39(45)60)17-30-38(35)58(29)44(49-30)52-42(63)33-16-25(4)54-57(33)6-2/h15-20,28-29,47H,5-14,21-23H2,1-4H3,(H2,45,60)(H2,46,61)(H,48,59)(H,49,52,63)(H,50,51,62)/t28-,29+/m1/s1. The number of carbonyl (C=O) groups is 5. The fraction of sp³-hybridized carbons (Fsp3) is 0.432. The van der Waals surface area contributed by atoms with E-state index in [1.807, 2.05) is 25.3 Å². The first-order valence-electron chi connectivity index (χ1n) is 22.1. The number of fused-ring (bicyclic) bond motifs is 1. The SMILES string of the molecule is CCn1nc(C)cc1C(=O)Nc1nc2c(OCCCNC(=O)C[C@@H]3COCCN3)cc(C(N)=O)cc2n1CCC[C@H]1COc2cc(C(N)=O)cc3nc(NC(=O)c4cc(C)nn4CC)n1c23. The van der Waals surface area contributed by atoms with Crippen LogP contribution in [0.25, 0.3) is 22.1 Å². The van der Waals surface area contributed by atoms with Gasteiger partial charge in [-0.3, -0.25) is 44.0 Å². The predicted octanol–water partition coefficient (Wildman–Crippen LogP) is 2.82. The third kappa shape index (κ3) is 9.54. The van der Waals surface area contributed by atoms with Crippen LogP contribution in [-0.4, -0.2) is 114 Å². The van der Waals surface area contributed by atoms with Crippen molar-refractivity contribution in [3.05, 3.63) is 70.3 Å². The van der Waals surface area contributed by atoms with Gasteiger partial charge in [0, 0.05) is 56.3 Å². The summed E-state index contributed by atoms with van der Waals surface area (Å²) in [4.78, 5) is 74.9. The maximum Gasteiger partial charge on any atom is 0.276 e. The van der Waals surface area contributed by atoms with Gasteiger partial charge >= 0.3 is 0 Å². The van der Waals surface area contributed by atoms with Gasteiger partial charge < -0.3 is 45.4 Å². The lowest BCUT2D eigenvalue weighted by atomic mass is 10.1. The average molecular weight is 907 g/mol. The third-order valence-electron chi connectivity index (χ3n) is 11.5. The van der Waals surface area contributed by atoms with Gasteiger partial charge in [0.2, 0.25) is 29.6 Å². The minimum absolute atomic E-state index is 0.0407. The molecular formula is C44H54N14O8. The topological polar surface area (TPSA) is 284 Å². The number of aromatic nitrogens is 8. The molecule has 2 aliphatic heterocycles. The molecule has 6 heterocycles. The zero-order chi connectivity index (χ0) is 46.6. The number of ether oxygens (including phenoxy) is 3. The second-order valence-electron chi connectivity index (χ2n) is 16.3. The van der Waals surface area contributed by atoms with Crippen LogP contribution in [0.4, 0.5) is 11.9 Å². The van der Waals surface area contributed by atoms with Crippen molar-refractivity contribution >= 4 is 63.5 Å². The molecule has 0 unspecified atom stereocenters. The molecule has 0 aliphatic carbocycles. The Labute approximate surface area is 378 Å².